The van der Waals surface area contributed by atoms with Crippen molar-refractivity contribution >= 4 is 10.8 Å². The molecule has 0 spiro atoms. The zero-order chi connectivity index (χ0) is 27.0. The van der Waals surface area contributed by atoms with Gasteiger partial charge in [-0.25, -0.2) is 0 Å². The van der Waals surface area contributed by atoms with E-state index in [0.717, 1.165) is 61.4 Å². The Morgan fingerprint density at radius 1 is 0.550 bits per heavy atom. The lowest BCUT2D eigenvalue weighted by molar-refractivity contribution is 0.305. The van der Waals surface area contributed by atoms with E-state index in [4.69, 9.17) is 4.74 Å². The lowest BCUT2D eigenvalue weighted by Gasteiger charge is -2.11. The lowest BCUT2D eigenvalue weighted by atomic mass is 9.99. The number of benzene rings is 5. The molecule has 1 heterocycles. The van der Waals surface area contributed by atoms with Gasteiger partial charge in [0.2, 0.25) is 0 Å². The fourth-order valence-corrected chi connectivity index (χ4v) is 5.13. The van der Waals surface area contributed by atoms with E-state index in [9.17, 15) is 0 Å². The summed E-state index contributed by atoms with van der Waals surface area (Å²) in [6.07, 6.45) is 6.43. The minimum Gasteiger partial charge on any atom is -0.493 e. The smallest absolute Gasteiger partial charge is 0.127 e. The van der Waals surface area contributed by atoms with Gasteiger partial charge in [0.25, 0.3) is 0 Å². The molecule has 0 unspecified atom stereocenters. The largest absolute Gasteiger partial charge is 0.493 e. The predicted molar refractivity (Wildman–Crippen MR) is 164 cm³/mol. The highest BCUT2D eigenvalue weighted by Gasteiger charge is 2.08. The molecule has 0 aliphatic rings. The quantitative estimate of drug-likeness (QED) is 0.159. The van der Waals surface area contributed by atoms with Gasteiger partial charge in [-0.15, -0.1) is 5.10 Å². The minimum atomic E-state index is 0.727. The minimum absolute atomic E-state index is 0.727. The second-order valence-electron chi connectivity index (χ2n) is 10.1. The molecule has 6 rings (SSSR count). The van der Waals surface area contributed by atoms with Crippen molar-refractivity contribution in [3.05, 3.63) is 128 Å². The number of ether oxygens (including phenoxy) is 1. The number of unbranched alkanes of at least 4 members (excludes halogenated alkanes) is 3. The monoisotopic (exact) mass is 523 g/mol. The van der Waals surface area contributed by atoms with Gasteiger partial charge in [-0.1, -0.05) is 115 Å². The van der Waals surface area contributed by atoms with E-state index in [-0.39, 0.29) is 0 Å². The Hall–Kier alpha value is -4.70. The van der Waals surface area contributed by atoms with Gasteiger partial charge in [0.1, 0.15) is 11.4 Å². The van der Waals surface area contributed by atoms with Crippen LogP contribution in [0.4, 0.5) is 0 Å². The first-order valence-corrected chi connectivity index (χ1v) is 14.1. The van der Waals surface area contributed by atoms with Gasteiger partial charge < -0.3 is 4.74 Å². The van der Waals surface area contributed by atoms with Gasteiger partial charge in [0.15, 0.2) is 0 Å². The Morgan fingerprint density at radius 2 is 1.27 bits per heavy atom. The average molecular weight is 524 g/mol. The van der Waals surface area contributed by atoms with Crippen LogP contribution in [0.5, 0.6) is 5.75 Å². The summed E-state index contributed by atoms with van der Waals surface area (Å²) in [5, 5.41) is 11.4. The number of hydrogen-bond acceptors (Lipinski definition) is 3. The van der Waals surface area contributed by atoms with Gasteiger partial charge in [-0.05, 0) is 64.9 Å². The molecule has 0 atom stereocenters. The molecule has 0 fully saturated rings. The highest BCUT2D eigenvalue weighted by Crippen LogP contribution is 2.30. The van der Waals surface area contributed by atoms with Crippen LogP contribution in [0.2, 0.25) is 0 Å². The number of rotatable bonds is 11. The van der Waals surface area contributed by atoms with Crippen LogP contribution in [0.25, 0.3) is 44.3 Å². The third kappa shape index (κ3) is 6.13. The number of para-hydroxylation sites is 1. The van der Waals surface area contributed by atoms with Crippen LogP contribution in [0.3, 0.4) is 0 Å². The van der Waals surface area contributed by atoms with Crippen molar-refractivity contribution in [2.75, 3.05) is 6.61 Å². The maximum absolute atomic E-state index is 6.14. The molecule has 0 saturated carbocycles. The number of fused-ring (bicyclic) bond motifs is 1. The Balaban J connectivity index is 0.980. The summed E-state index contributed by atoms with van der Waals surface area (Å²) >= 11 is 0. The van der Waals surface area contributed by atoms with Crippen LogP contribution < -0.4 is 4.74 Å². The first kappa shape index (κ1) is 25.6. The van der Waals surface area contributed by atoms with E-state index in [2.05, 4.69) is 126 Å². The highest BCUT2D eigenvalue weighted by molar-refractivity contribution is 5.87. The summed E-state index contributed by atoms with van der Waals surface area (Å²) in [6.45, 7) is 1.60. The standard InChI is InChI=1S/C36H33N3O/c1(2-11-24-40-36-20-9-8-19-34(36)29-14-4-3-5-15-29)10-23-39-27-35(37-38-39)33-18-12-17-31(26-33)32-22-21-28-13-6-7-16-30(28)25-32/h3-9,12-22,25-27H,1-2,10-11,23-24H2. The van der Waals surface area contributed by atoms with Gasteiger partial charge in [-0.3, -0.25) is 4.68 Å². The van der Waals surface area contributed by atoms with E-state index in [1.54, 1.807) is 0 Å². The second-order valence-corrected chi connectivity index (χ2v) is 10.1. The van der Waals surface area contributed by atoms with Crippen molar-refractivity contribution in [1.29, 1.82) is 0 Å². The van der Waals surface area contributed by atoms with E-state index in [1.807, 2.05) is 16.8 Å². The lowest BCUT2D eigenvalue weighted by Crippen LogP contribution is -2.01. The van der Waals surface area contributed by atoms with E-state index in [1.165, 1.54) is 27.5 Å². The maximum Gasteiger partial charge on any atom is 0.127 e. The van der Waals surface area contributed by atoms with Crippen LogP contribution in [0.1, 0.15) is 25.7 Å². The van der Waals surface area contributed by atoms with Crippen molar-refractivity contribution in [3.8, 4) is 39.3 Å². The number of aromatic nitrogens is 3. The molecule has 0 aliphatic heterocycles. The molecule has 0 N–H and O–H groups in total. The molecule has 0 saturated heterocycles. The highest BCUT2D eigenvalue weighted by atomic mass is 16.5. The SMILES string of the molecule is c1ccc(-c2ccccc2OCCCCCCn2cc(-c3cccc(-c4ccc5ccccc5c4)c3)nn2)cc1. The molecule has 198 valence electrons. The van der Waals surface area contributed by atoms with Gasteiger partial charge in [0, 0.05) is 17.7 Å². The van der Waals surface area contributed by atoms with Crippen LogP contribution in [0, 0.1) is 0 Å². The van der Waals surface area contributed by atoms with Crippen molar-refractivity contribution in [1.82, 2.24) is 15.0 Å². The first-order chi connectivity index (χ1) is 19.8. The molecule has 0 amide bonds. The van der Waals surface area contributed by atoms with Crippen molar-refractivity contribution < 1.29 is 4.74 Å². The predicted octanol–water partition coefficient (Wildman–Crippen LogP) is 9.07. The van der Waals surface area contributed by atoms with Crippen LogP contribution in [0.15, 0.2) is 128 Å². The Morgan fingerprint density at radius 3 is 2.20 bits per heavy atom. The fourth-order valence-electron chi connectivity index (χ4n) is 5.13. The molecule has 0 bridgehead atoms. The van der Waals surface area contributed by atoms with Crippen LogP contribution >= 0.6 is 0 Å². The normalized spacial score (nSPS) is 11.1. The molecule has 4 heteroatoms. The third-order valence-corrected chi connectivity index (χ3v) is 7.29. The number of hydrogen-bond donors (Lipinski definition) is 0. The topological polar surface area (TPSA) is 39.9 Å². The summed E-state index contributed by atoms with van der Waals surface area (Å²) in [7, 11) is 0. The molecular formula is C36H33N3O. The van der Waals surface area contributed by atoms with Crippen LogP contribution in [-0.4, -0.2) is 21.6 Å². The average Bonchev–Trinajstić information content (AvgIpc) is 3.50. The first-order valence-electron chi connectivity index (χ1n) is 14.1. The molecule has 0 radical (unpaired) electrons. The Kier molecular flexibility index (Phi) is 7.95. The molecule has 4 nitrogen and oxygen atoms in total. The molecule has 6 aromatic rings. The Bertz CT molecular complexity index is 1690. The van der Waals surface area contributed by atoms with Gasteiger partial charge in [0.05, 0.1) is 12.8 Å². The third-order valence-electron chi connectivity index (χ3n) is 7.29. The second kappa shape index (κ2) is 12.4. The summed E-state index contributed by atoms with van der Waals surface area (Å²) in [6, 6.07) is 42.3. The zero-order valence-electron chi connectivity index (χ0n) is 22.6. The van der Waals surface area contributed by atoms with Crippen molar-refractivity contribution in [3.63, 3.8) is 0 Å². The maximum atomic E-state index is 6.14. The summed E-state index contributed by atoms with van der Waals surface area (Å²) < 4.78 is 8.11. The molecule has 5 aromatic carbocycles. The number of aryl methyl sites for hydroxylation is 1. The van der Waals surface area contributed by atoms with Crippen molar-refractivity contribution in [2.45, 2.75) is 32.2 Å². The fraction of sp³-hybridized carbons (Fsp3) is 0.167. The molecule has 0 aliphatic carbocycles. The zero-order valence-corrected chi connectivity index (χ0v) is 22.6. The Labute approximate surface area is 235 Å². The summed E-state index contributed by atoms with van der Waals surface area (Å²) in [5.74, 6) is 0.952. The van der Waals surface area contributed by atoms with Crippen LogP contribution in [-0.2, 0) is 6.54 Å². The summed E-state index contributed by atoms with van der Waals surface area (Å²) in [4.78, 5) is 0. The molecule has 40 heavy (non-hydrogen) atoms. The van der Waals surface area contributed by atoms with E-state index in [0.29, 0.717) is 0 Å². The van der Waals surface area contributed by atoms with E-state index >= 15 is 0 Å². The van der Waals surface area contributed by atoms with E-state index < -0.39 is 0 Å². The van der Waals surface area contributed by atoms with Gasteiger partial charge >= 0.3 is 0 Å². The van der Waals surface area contributed by atoms with Crippen molar-refractivity contribution in [2.24, 2.45) is 0 Å². The summed E-state index contributed by atoms with van der Waals surface area (Å²) in [5.41, 5.74) is 6.73. The molecular weight excluding hydrogens is 490 g/mol. The van der Waals surface area contributed by atoms with Gasteiger partial charge in [-0.2, -0.15) is 0 Å². The molecule has 1 aromatic heterocycles. The number of nitrogens with zero attached hydrogens (tertiary/aromatic N) is 3.